The quantitative estimate of drug-likeness (QED) is 0.742. The topological polar surface area (TPSA) is 62.1 Å². The molecule has 2 aromatic heterocycles. The molecule has 7 heteroatoms. The van der Waals surface area contributed by atoms with Crippen LogP contribution >= 0.6 is 11.3 Å². The molecule has 0 aliphatic carbocycles. The summed E-state index contributed by atoms with van der Waals surface area (Å²) in [6.45, 7) is 0.986. The van der Waals surface area contributed by atoms with Gasteiger partial charge in [-0.15, -0.1) is 21.5 Å². The number of tetrazole rings is 1. The molecule has 1 aliphatic heterocycles. The average molecular weight is 300 g/mol. The third-order valence-corrected chi connectivity index (χ3v) is 3.99. The lowest BCUT2D eigenvalue weighted by Gasteiger charge is -2.25. The molecule has 4 rings (SSSR count). The second-order valence-corrected chi connectivity index (χ2v) is 5.59. The molecule has 0 amide bonds. The van der Waals surface area contributed by atoms with E-state index in [0.29, 0.717) is 19.0 Å². The van der Waals surface area contributed by atoms with Gasteiger partial charge < -0.3 is 9.47 Å². The van der Waals surface area contributed by atoms with Gasteiger partial charge in [0.15, 0.2) is 17.6 Å². The molecule has 0 N–H and O–H groups in total. The summed E-state index contributed by atoms with van der Waals surface area (Å²) in [5.41, 5.74) is 0. The van der Waals surface area contributed by atoms with Crippen LogP contribution in [0.25, 0.3) is 10.7 Å². The van der Waals surface area contributed by atoms with Crippen molar-refractivity contribution in [2.24, 2.45) is 0 Å². The maximum atomic E-state index is 5.88. The minimum Gasteiger partial charge on any atom is -0.486 e. The van der Waals surface area contributed by atoms with Crippen LogP contribution in [-0.2, 0) is 6.54 Å². The van der Waals surface area contributed by atoms with Gasteiger partial charge in [0.25, 0.3) is 0 Å². The van der Waals surface area contributed by atoms with Crippen LogP contribution in [0.15, 0.2) is 41.8 Å². The summed E-state index contributed by atoms with van der Waals surface area (Å²) in [6, 6.07) is 11.6. The zero-order valence-electron chi connectivity index (χ0n) is 11.0. The van der Waals surface area contributed by atoms with Crippen LogP contribution in [-0.4, -0.2) is 32.9 Å². The smallest absolute Gasteiger partial charge is 0.214 e. The summed E-state index contributed by atoms with van der Waals surface area (Å²) in [7, 11) is 0. The predicted molar refractivity (Wildman–Crippen MR) is 77.5 cm³/mol. The first kappa shape index (κ1) is 12.3. The molecule has 1 unspecified atom stereocenters. The maximum Gasteiger partial charge on any atom is 0.214 e. The maximum absolute atomic E-state index is 5.88. The number of para-hydroxylation sites is 2. The highest BCUT2D eigenvalue weighted by molar-refractivity contribution is 7.13. The molecule has 21 heavy (non-hydrogen) atoms. The minimum absolute atomic E-state index is 0.120. The van der Waals surface area contributed by atoms with Crippen molar-refractivity contribution in [1.29, 1.82) is 0 Å². The van der Waals surface area contributed by atoms with E-state index in [2.05, 4.69) is 15.4 Å². The van der Waals surface area contributed by atoms with Crippen molar-refractivity contribution >= 4 is 11.3 Å². The standard InChI is InChI=1S/C14H12N4O2S/c1-2-5-12-11(4-1)19-9-10(20-12)8-18-16-14(15-17-18)13-6-3-7-21-13/h1-7,10H,8-9H2. The van der Waals surface area contributed by atoms with Crippen molar-refractivity contribution < 1.29 is 9.47 Å². The van der Waals surface area contributed by atoms with Gasteiger partial charge in [0.05, 0.1) is 4.88 Å². The molecular weight excluding hydrogens is 288 g/mol. The number of thiophene rings is 1. The summed E-state index contributed by atoms with van der Waals surface area (Å²) in [6.07, 6.45) is -0.120. The SMILES string of the molecule is c1csc(-c2nnn(CC3COc4ccccc4O3)n2)c1. The minimum atomic E-state index is -0.120. The lowest BCUT2D eigenvalue weighted by Crippen LogP contribution is -2.33. The molecule has 0 saturated heterocycles. The zero-order chi connectivity index (χ0) is 14.1. The number of nitrogens with zero attached hydrogens (tertiary/aromatic N) is 4. The Morgan fingerprint density at radius 3 is 2.95 bits per heavy atom. The number of hydrogen-bond acceptors (Lipinski definition) is 6. The molecule has 3 heterocycles. The van der Waals surface area contributed by atoms with Crippen LogP contribution in [0.5, 0.6) is 11.5 Å². The van der Waals surface area contributed by atoms with Crippen molar-refractivity contribution in [3.63, 3.8) is 0 Å². The Kier molecular flexibility index (Phi) is 3.04. The Bertz CT molecular complexity index is 741. The van der Waals surface area contributed by atoms with Crippen LogP contribution in [0.2, 0.25) is 0 Å². The van der Waals surface area contributed by atoms with Gasteiger partial charge in [0, 0.05) is 0 Å². The molecule has 0 spiro atoms. The molecule has 0 fully saturated rings. The zero-order valence-corrected chi connectivity index (χ0v) is 11.9. The molecule has 1 aliphatic rings. The van der Waals surface area contributed by atoms with Crippen molar-refractivity contribution in [3.8, 4) is 22.2 Å². The first-order valence-electron chi connectivity index (χ1n) is 6.59. The van der Waals surface area contributed by atoms with Gasteiger partial charge in [-0.1, -0.05) is 18.2 Å². The van der Waals surface area contributed by atoms with Crippen molar-refractivity contribution in [1.82, 2.24) is 20.2 Å². The number of fused-ring (bicyclic) bond motifs is 1. The monoisotopic (exact) mass is 300 g/mol. The summed E-state index contributed by atoms with van der Waals surface area (Å²) in [4.78, 5) is 2.56. The van der Waals surface area contributed by atoms with E-state index in [4.69, 9.17) is 9.47 Å². The lowest BCUT2D eigenvalue weighted by molar-refractivity contribution is 0.0722. The van der Waals surface area contributed by atoms with E-state index < -0.39 is 0 Å². The van der Waals surface area contributed by atoms with Gasteiger partial charge >= 0.3 is 0 Å². The second kappa shape index (κ2) is 5.17. The van der Waals surface area contributed by atoms with E-state index in [9.17, 15) is 0 Å². The van der Waals surface area contributed by atoms with E-state index in [1.54, 1.807) is 16.1 Å². The Balaban J connectivity index is 1.48. The highest BCUT2D eigenvalue weighted by atomic mass is 32.1. The second-order valence-electron chi connectivity index (χ2n) is 4.64. The molecule has 0 saturated carbocycles. The largest absolute Gasteiger partial charge is 0.486 e. The van der Waals surface area contributed by atoms with Gasteiger partial charge in [-0.2, -0.15) is 4.80 Å². The first-order chi connectivity index (χ1) is 10.4. The van der Waals surface area contributed by atoms with E-state index in [-0.39, 0.29) is 6.10 Å². The fourth-order valence-corrected chi connectivity index (χ4v) is 2.81. The number of hydrogen-bond donors (Lipinski definition) is 0. The normalized spacial score (nSPS) is 16.9. The van der Waals surface area contributed by atoms with Crippen molar-refractivity contribution in [2.45, 2.75) is 12.6 Å². The Labute approximate surface area is 124 Å². The van der Waals surface area contributed by atoms with Crippen LogP contribution in [0.1, 0.15) is 0 Å². The van der Waals surface area contributed by atoms with Crippen LogP contribution in [0.4, 0.5) is 0 Å². The van der Waals surface area contributed by atoms with Crippen LogP contribution < -0.4 is 9.47 Å². The Hall–Kier alpha value is -2.41. The summed E-state index contributed by atoms with van der Waals surface area (Å²) >= 11 is 1.59. The Morgan fingerprint density at radius 2 is 2.10 bits per heavy atom. The molecule has 106 valence electrons. The summed E-state index contributed by atoms with van der Waals surface area (Å²) < 4.78 is 11.6. The summed E-state index contributed by atoms with van der Waals surface area (Å²) in [5.74, 6) is 2.18. The van der Waals surface area contributed by atoms with Gasteiger partial charge in [0.2, 0.25) is 5.82 Å². The summed E-state index contributed by atoms with van der Waals surface area (Å²) in [5, 5.41) is 14.5. The van der Waals surface area contributed by atoms with E-state index in [1.165, 1.54) is 0 Å². The highest BCUT2D eigenvalue weighted by Crippen LogP contribution is 2.31. The predicted octanol–water partition coefficient (Wildman–Crippen LogP) is 2.24. The van der Waals surface area contributed by atoms with E-state index in [1.807, 2.05) is 41.8 Å². The average Bonchev–Trinajstić information content (AvgIpc) is 3.18. The van der Waals surface area contributed by atoms with Crippen molar-refractivity contribution in [2.75, 3.05) is 6.61 Å². The van der Waals surface area contributed by atoms with E-state index in [0.717, 1.165) is 16.4 Å². The van der Waals surface area contributed by atoms with Gasteiger partial charge in [-0.3, -0.25) is 0 Å². The number of ether oxygens (including phenoxy) is 2. The number of benzene rings is 1. The number of rotatable bonds is 3. The molecule has 0 bridgehead atoms. The van der Waals surface area contributed by atoms with Gasteiger partial charge in [-0.25, -0.2) is 0 Å². The molecule has 0 radical (unpaired) electrons. The van der Waals surface area contributed by atoms with E-state index >= 15 is 0 Å². The molecule has 3 aromatic rings. The van der Waals surface area contributed by atoms with Gasteiger partial charge in [0.1, 0.15) is 13.2 Å². The molecule has 1 aromatic carbocycles. The van der Waals surface area contributed by atoms with Crippen LogP contribution in [0, 0.1) is 0 Å². The van der Waals surface area contributed by atoms with Crippen molar-refractivity contribution in [3.05, 3.63) is 41.8 Å². The molecule has 6 nitrogen and oxygen atoms in total. The first-order valence-corrected chi connectivity index (χ1v) is 7.46. The highest BCUT2D eigenvalue weighted by Gasteiger charge is 2.22. The molecular formula is C14H12N4O2S. The Morgan fingerprint density at radius 1 is 1.19 bits per heavy atom. The number of aromatic nitrogens is 4. The third-order valence-electron chi connectivity index (χ3n) is 3.13. The van der Waals surface area contributed by atoms with Crippen LogP contribution in [0.3, 0.4) is 0 Å². The fraction of sp³-hybridized carbons (Fsp3) is 0.214. The molecule has 1 atom stereocenters. The lowest BCUT2D eigenvalue weighted by atomic mass is 10.2. The fourth-order valence-electron chi connectivity index (χ4n) is 2.16. The van der Waals surface area contributed by atoms with Gasteiger partial charge in [-0.05, 0) is 28.8 Å². The third kappa shape index (κ3) is 2.47.